The largest absolute Gasteiger partial charge is 0.376 e. The smallest absolute Gasteiger partial charge is 0.286 e. The van der Waals surface area contributed by atoms with Gasteiger partial charge in [0.2, 0.25) is 0 Å². The molecule has 0 radical (unpaired) electrons. The molecule has 1 unspecified atom stereocenters. The van der Waals surface area contributed by atoms with Crippen LogP contribution in [-0.2, 0) is 14.8 Å². The lowest BCUT2D eigenvalue weighted by molar-refractivity contribution is 0.0857. The van der Waals surface area contributed by atoms with Crippen molar-refractivity contribution in [2.75, 3.05) is 24.6 Å². The first-order chi connectivity index (χ1) is 12.4. The quantitative estimate of drug-likeness (QED) is 0.819. The third-order valence-corrected chi connectivity index (χ3v) is 6.07. The van der Waals surface area contributed by atoms with Gasteiger partial charge in [-0.3, -0.25) is 4.79 Å². The Labute approximate surface area is 154 Å². The summed E-state index contributed by atoms with van der Waals surface area (Å²) in [4.78, 5) is 14.4. The Bertz CT molecular complexity index is 814. The van der Waals surface area contributed by atoms with E-state index in [-0.39, 0.29) is 16.9 Å². The minimum absolute atomic E-state index is 0.0390. The fourth-order valence-corrected chi connectivity index (χ4v) is 4.51. The first-order valence-electron chi connectivity index (χ1n) is 9.05. The van der Waals surface area contributed by atoms with Crippen molar-refractivity contribution in [2.45, 2.75) is 50.5 Å². The molecule has 142 valence electrons. The zero-order chi connectivity index (χ0) is 18.7. The normalized spacial score (nSPS) is 21.2. The van der Waals surface area contributed by atoms with E-state index in [0.717, 1.165) is 32.3 Å². The number of carbonyl (C=O) groups excluding carboxylic acids is 1. The number of anilines is 1. The zero-order valence-electron chi connectivity index (χ0n) is 15.2. The minimum atomic E-state index is -3.79. The van der Waals surface area contributed by atoms with Gasteiger partial charge in [0.1, 0.15) is 10.7 Å². The number of rotatable bonds is 6. The summed E-state index contributed by atoms with van der Waals surface area (Å²) in [7, 11) is -3.79. The van der Waals surface area contributed by atoms with Crippen molar-refractivity contribution >= 4 is 27.5 Å². The summed E-state index contributed by atoms with van der Waals surface area (Å²) in [5.41, 5.74) is 0.900. The molecule has 3 rings (SSSR count). The second-order valence-electron chi connectivity index (χ2n) is 6.65. The number of fused-ring (bicyclic) bond motifs is 1. The molecule has 1 aromatic rings. The molecular formula is C18H25N3O4S. The predicted molar refractivity (Wildman–Crippen MR) is 100 cm³/mol. The van der Waals surface area contributed by atoms with Gasteiger partial charge in [-0.25, -0.2) is 0 Å². The Balaban J connectivity index is 1.83. The molecule has 0 aromatic heterocycles. The van der Waals surface area contributed by atoms with Crippen molar-refractivity contribution in [3.05, 3.63) is 23.8 Å². The molecule has 1 amide bonds. The molecule has 2 aliphatic rings. The Morgan fingerprint density at radius 1 is 1.42 bits per heavy atom. The second-order valence-corrected chi connectivity index (χ2v) is 8.22. The minimum Gasteiger partial charge on any atom is -0.376 e. The van der Waals surface area contributed by atoms with Gasteiger partial charge >= 0.3 is 0 Å². The maximum atomic E-state index is 12.5. The Morgan fingerprint density at radius 3 is 2.92 bits per heavy atom. The van der Waals surface area contributed by atoms with E-state index in [2.05, 4.69) is 16.6 Å². The van der Waals surface area contributed by atoms with Crippen LogP contribution in [0.25, 0.3) is 0 Å². The lowest BCUT2D eigenvalue weighted by Crippen LogP contribution is -2.35. The van der Waals surface area contributed by atoms with Crippen molar-refractivity contribution in [1.29, 1.82) is 0 Å². The molecule has 1 atom stereocenters. The van der Waals surface area contributed by atoms with Crippen molar-refractivity contribution in [1.82, 2.24) is 5.32 Å². The number of nitrogens with zero attached hydrogens (tertiary/aromatic N) is 2. The molecule has 0 spiro atoms. The molecule has 1 aromatic carbocycles. The molecule has 8 heteroatoms. The van der Waals surface area contributed by atoms with Crippen LogP contribution < -0.4 is 10.2 Å². The van der Waals surface area contributed by atoms with Crippen LogP contribution in [0.4, 0.5) is 5.69 Å². The van der Waals surface area contributed by atoms with Crippen LogP contribution in [0, 0.1) is 0 Å². The van der Waals surface area contributed by atoms with Crippen LogP contribution >= 0.6 is 0 Å². The zero-order valence-corrected chi connectivity index (χ0v) is 16.0. The van der Waals surface area contributed by atoms with E-state index in [1.165, 1.54) is 6.07 Å². The van der Waals surface area contributed by atoms with Crippen LogP contribution in [0.1, 0.15) is 49.9 Å². The number of ether oxygens (including phenoxy) is 1. The molecular weight excluding hydrogens is 354 g/mol. The maximum absolute atomic E-state index is 12.5. The molecule has 26 heavy (non-hydrogen) atoms. The molecule has 0 saturated carbocycles. The highest BCUT2D eigenvalue weighted by Gasteiger charge is 2.29. The predicted octanol–water partition coefficient (Wildman–Crippen LogP) is 2.32. The third kappa shape index (κ3) is 3.91. The highest BCUT2D eigenvalue weighted by Crippen LogP contribution is 2.32. The van der Waals surface area contributed by atoms with Gasteiger partial charge in [-0.05, 0) is 44.4 Å². The standard InChI is InChI=1S/C18H25N3O4S/c1-3-4-9-21-13(2)20-26(23,24)17-11-14(7-8-16(17)21)18(22)19-12-15-6-5-10-25-15/h7-8,11,15H,3-6,9-10,12H2,1-2H3,(H,19,22). The van der Waals surface area contributed by atoms with Gasteiger partial charge in [-0.2, -0.15) is 8.42 Å². The summed E-state index contributed by atoms with van der Waals surface area (Å²) in [6, 6.07) is 4.78. The van der Waals surface area contributed by atoms with E-state index in [9.17, 15) is 13.2 Å². The summed E-state index contributed by atoms with van der Waals surface area (Å²) in [6.45, 7) is 5.62. The number of sulfonamides is 1. The average molecular weight is 379 g/mol. The van der Waals surface area contributed by atoms with E-state index in [1.54, 1.807) is 19.1 Å². The summed E-state index contributed by atoms with van der Waals surface area (Å²) in [6.07, 6.45) is 3.89. The van der Waals surface area contributed by atoms with Crippen molar-refractivity contribution in [3.8, 4) is 0 Å². The van der Waals surface area contributed by atoms with Gasteiger partial charge in [0.25, 0.3) is 15.9 Å². The van der Waals surface area contributed by atoms with Crippen molar-refractivity contribution in [3.63, 3.8) is 0 Å². The number of nitrogens with one attached hydrogen (secondary N) is 1. The van der Waals surface area contributed by atoms with Crippen molar-refractivity contribution in [2.24, 2.45) is 4.40 Å². The number of carbonyl (C=O) groups is 1. The maximum Gasteiger partial charge on any atom is 0.286 e. The second kappa shape index (κ2) is 7.75. The van der Waals surface area contributed by atoms with Crippen LogP contribution in [0.3, 0.4) is 0 Å². The first-order valence-corrected chi connectivity index (χ1v) is 10.5. The molecule has 0 bridgehead atoms. The molecule has 7 nitrogen and oxygen atoms in total. The van der Waals surface area contributed by atoms with E-state index in [0.29, 0.717) is 30.2 Å². The van der Waals surface area contributed by atoms with E-state index in [1.807, 2.05) is 4.90 Å². The van der Waals surface area contributed by atoms with E-state index < -0.39 is 10.0 Å². The summed E-state index contributed by atoms with van der Waals surface area (Å²) >= 11 is 0. The number of amidine groups is 1. The summed E-state index contributed by atoms with van der Waals surface area (Å²) < 4.78 is 34.3. The van der Waals surface area contributed by atoms with E-state index >= 15 is 0 Å². The van der Waals surface area contributed by atoms with Gasteiger partial charge < -0.3 is 15.0 Å². The molecule has 2 aliphatic heterocycles. The van der Waals surface area contributed by atoms with Crippen LogP contribution in [0.15, 0.2) is 27.5 Å². The Hall–Kier alpha value is -1.93. The lowest BCUT2D eigenvalue weighted by atomic mass is 10.1. The number of unbranched alkanes of at least 4 members (excludes halogenated alkanes) is 1. The lowest BCUT2D eigenvalue weighted by Gasteiger charge is -2.29. The highest BCUT2D eigenvalue weighted by molar-refractivity contribution is 7.90. The average Bonchev–Trinajstić information content (AvgIpc) is 3.12. The molecule has 1 N–H and O–H groups in total. The van der Waals surface area contributed by atoms with Gasteiger partial charge in [-0.1, -0.05) is 13.3 Å². The monoisotopic (exact) mass is 379 g/mol. The van der Waals surface area contributed by atoms with Gasteiger partial charge in [0, 0.05) is 25.3 Å². The Kier molecular flexibility index (Phi) is 5.62. The number of hydrogen-bond acceptors (Lipinski definition) is 5. The molecule has 0 aliphatic carbocycles. The van der Waals surface area contributed by atoms with Crippen LogP contribution in [0.2, 0.25) is 0 Å². The fraction of sp³-hybridized carbons (Fsp3) is 0.556. The Morgan fingerprint density at radius 2 is 2.23 bits per heavy atom. The number of benzene rings is 1. The summed E-state index contributed by atoms with van der Waals surface area (Å²) in [5.74, 6) is 0.159. The molecule has 2 heterocycles. The fourth-order valence-electron chi connectivity index (χ4n) is 3.24. The number of amides is 1. The van der Waals surface area contributed by atoms with Crippen LogP contribution in [0.5, 0.6) is 0 Å². The highest BCUT2D eigenvalue weighted by atomic mass is 32.2. The van der Waals surface area contributed by atoms with Crippen LogP contribution in [-0.4, -0.2) is 46.0 Å². The topological polar surface area (TPSA) is 88.1 Å². The third-order valence-electron chi connectivity index (χ3n) is 4.68. The number of hydrogen-bond donors (Lipinski definition) is 1. The van der Waals surface area contributed by atoms with Gasteiger partial charge in [0.05, 0.1) is 11.8 Å². The van der Waals surface area contributed by atoms with Gasteiger partial charge in [-0.15, -0.1) is 4.40 Å². The van der Waals surface area contributed by atoms with E-state index in [4.69, 9.17) is 4.74 Å². The van der Waals surface area contributed by atoms with Gasteiger partial charge in [0.15, 0.2) is 0 Å². The molecule has 1 fully saturated rings. The summed E-state index contributed by atoms with van der Waals surface area (Å²) in [5, 5.41) is 2.82. The first kappa shape index (κ1) is 18.8. The van der Waals surface area contributed by atoms with Crippen molar-refractivity contribution < 1.29 is 17.9 Å². The molecule has 1 saturated heterocycles. The SMILES string of the molecule is CCCCN1C(C)=NS(=O)(=O)c2cc(C(=O)NCC3CCCO3)ccc21.